The summed E-state index contributed by atoms with van der Waals surface area (Å²) in [6, 6.07) is 17.4. The molecule has 0 atom stereocenters. The minimum Gasteiger partial charge on any atom is -0.337 e. The standard InChI is InChI=1S/C22H17ClN6O3/c23-16-5-7-17(8-6-16)26-22(30)14-28-13-15(19-3-1-2-4-20(19)28)11-25-27-21-10-9-18(12-24-21)29(31)32/h1-13H,14H2,(H,24,27)(H,26,30)/b25-11+. The Bertz CT molecular complexity index is 1300. The lowest BCUT2D eigenvalue weighted by atomic mass is 10.2. The molecule has 2 N–H and O–H groups in total. The van der Waals surface area contributed by atoms with Crippen LogP contribution in [0.1, 0.15) is 5.56 Å². The Morgan fingerprint density at radius 3 is 2.66 bits per heavy atom. The summed E-state index contributed by atoms with van der Waals surface area (Å²) in [5, 5.41) is 19.3. The quantitative estimate of drug-likeness (QED) is 0.242. The van der Waals surface area contributed by atoms with Gasteiger partial charge >= 0.3 is 0 Å². The molecule has 0 unspecified atom stereocenters. The van der Waals surface area contributed by atoms with Crippen LogP contribution in [0.2, 0.25) is 5.02 Å². The number of aromatic nitrogens is 2. The lowest BCUT2D eigenvalue weighted by molar-refractivity contribution is -0.385. The number of hydrazone groups is 1. The molecule has 4 rings (SSSR count). The summed E-state index contributed by atoms with van der Waals surface area (Å²) < 4.78 is 1.84. The third kappa shape index (κ3) is 4.90. The topological polar surface area (TPSA) is 114 Å². The van der Waals surface area contributed by atoms with Crippen molar-refractivity contribution >= 4 is 51.8 Å². The van der Waals surface area contributed by atoms with Gasteiger partial charge in [-0.3, -0.25) is 20.3 Å². The first-order chi connectivity index (χ1) is 15.5. The molecule has 0 saturated heterocycles. The predicted octanol–water partition coefficient (Wildman–Crippen LogP) is 4.68. The molecule has 4 aromatic rings. The maximum Gasteiger partial charge on any atom is 0.287 e. The van der Waals surface area contributed by atoms with Crippen LogP contribution in [0.15, 0.2) is 78.2 Å². The van der Waals surface area contributed by atoms with E-state index in [2.05, 4.69) is 20.8 Å². The van der Waals surface area contributed by atoms with Crippen molar-refractivity contribution in [2.45, 2.75) is 6.54 Å². The lowest BCUT2D eigenvalue weighted by Gasteiger charge is -2.07. The molecule has 2 aromatic heterocycles. The van der Waals surface area contributed by atoms with E-state index in [0.29, 0.717) is 16.5 Å². The van der Waals surface area contributed by atoms with Crippen LogP contribution >= 0.6 is 11.6 Å². The van der Waals surface area contributed by atoms with Gasteiger partial charge in [0, 0.05) is 39.4 Å². The van der Waals surface area contributed by atoms with Crippen molar-refractivity contribution in [3.05, 3.63) is 93.8 Å². The average molecular weight is 449 g/mol. The van der Waals surface area contributed by atoms with Gasteiger partial charge in [0.2, 0.25) is 5.91 Å². The van der Waals surface area contributed by atoms with Gasteiger partial charge in [-0.25, -0.2) is 4.98 Å². The number of para-hydroxylation sites is 1. The Kier molecular flexibility index (Phi) is 6.09. The fraction of sp³-hybridized carbons (Fsp3) is 0.0455. The first-order valence-corrected chi connectivity index (χ1v) is 9.90. The molecule has 0 radical (unpaired) electrons. The maximum atomic E-state index is 12.5. The largest absolute Gasteiger partial charge is 0.337 e. The third-order valence-electron chi connectivity index (χ3n) is 4.60. The van der Waals surface area contributed by atoms with E-state index in [1.165, 1.54) is 12.1 Å². The molecule has 0 aliphatic heterocycles. The van der Waals surface area contributed by atoms with Crippen molar-refractivity contribution < 1.29 is 9.72 Å². The van der Waals surface area contributed by atoms with Crippen molar-refractivity contribution in [2.75, 3.05) is 10.7 Å². The number of rotatable bonds is 7. The molecule has 0 aliphatic carbocycles. The second kappa shape index (κ2) is 9.27. The van der Waals surface area contributed by atoms with E-state index >= 15 is 0 Å². The molecule has 0 fully saturated rings. The predicted molar refractivity (Wildman–Crippen MR) is 124 cm³/mol. The van der Waals surface area contributed by atoms with E-state index in [1.54, 1.807) is 30.5 Å². The summed E-state index contributed by atoms with van der Waals surface area (Å²) in [6.07, 6.45) is 4.60. The van der Waals surface area contributed by atoms with Crippen molar-refractivity contribution in [3.63, 3.8) is 0 Å². The number of nitrogens with one attached hydrogen (secondary N) is 2. The molecule has 2 heterocycles. The zero-order valence-corrected chi connectivity index (χ0v) is 17.4. The van der Waals surface area contributed by atoms with Crippen LogP contribution in [0.3, 0.4) is 0 Å². The summed E-state index contributed by atoms with van der Waals surface area (Å²) >= 11 is 5.88. The average Bonchev–Trinajstić information content (AvgIpc) is 3.13. The van der Waals surface area contributed by atoms with Gasteiger partial charge in [-0.05, 0) is 36.4 Å². The molecule has 2 aromatic carbocycles. The summed E-state index contributed by atoms with van der Waals surface area (Å²) in [6.45, 7) is 0.119. The maximum absolute atomic E-state index is 12.5. The number of carbonyl (C=O) groups excluding carboxylic acids is 1. The zero-order chi connectivity index (χ0) is 22.5. The summed E-state index contributed by atoms with van der Waals surface area (Å²) in [5.41, 5.74) is 5.00. The van der Waals surface area contributed by atoms with Crippen molar-refractivity contribution in [3.8, 4) is 0 Å². The van der Waals surface area contributed by atoms with E-state index in [-0.39, 0.29) is 18.1 Å². The second-order valence-corrected chi connectivity index (χ2v) is 7.25. The minimum atomic E-state index is -0.516. The lowest BCUT2D eigenvalue weighted by Crippen LogP contribution is -2.18. The summed E-state index contributed by atoms with van der Waals surface area (Å²) in [7, 11) is 0. The van der Waals surface area contributed by atoms with Crippen LogP contribution in [-0.4, -0.2) is 26.6 Å². The van der Waals surface area contributed by atoms with Gasteiger partial charge in [-0.15, -0.1) is 0 Å². The van der Waals surface area contributed by atoms with E-state index < -0.39 is 4.92 Å². The Balaban J connectivity index is 1.49. The van der Waals surface area contributed by atoms with Crippen LogP contribution < -0.4 is 10.7 Å². The SMILES string of the molecule is O=C(Cn1cc(/C=N/Nc2ccc([N+](=O)[O-])cn2)c2ccccc21)Nc1ccc(Cl)cc1. The highest BCUT2D eigenvalue weighted by Gasteiger charge is 2.10. The van der Waals surface area contributed by atoms with Crippen LogP contribution in [0, 0.1) is 10.1 Å². The van der Waals surface area contributed by atoms with Gasteiger partial charge < -0.3 is 9.88 Å². The molecule has 0 aliphatic rings. The number of benzene rings is 2. The number of amides is 1. The molecule has 1 amide bonds. The van der Waals surface area contributed by atoms with Crippen LogP contribution in [-0.2, 0) is 11.3 Å². The molecule has 0 bridgehead atoms. The minimum absolute atomic E-state index is 0.0977. The van der Waals surface area contributed by atoms with E-state index in [1.807, 2.05) is 35.0 Å². The molecule has 0 saturated carbocycles. The Hall–Kier alpha value is -4.24. The van der Waals surface area contributed by atoms with Gasteiger partial charge in [0.05, 0.1) is 11.1 Å². The summed E-state index contributed by atoms with van der Waals surface area (Å²) in [5.74, 6) is 0.197. The van der Waals surface area contributed by atoms with E-state index in [0.717, 1.165) is 22.7 Å². The third-order valence-corrected chi connectivity index (χ3v) is 4.85. The Labute approximate surface area is 187 Å². The number of pyridine rings is 1. The number of anilines is 2. The van der Waals surface area contributed by atoms with Gasteiger partial charge in [-0.1, -0.05) is 29.8 Å². The number of carbonyl (C=O) groups is 1. The highest BCUT2D eigenvalue weighted by Crippen LogP contribution is 2.21. The first kappa shape index (κ1) is 21.0. The van der Waals surface area contributed by atoms with Crippen molar-refractivity contribution in [2.24, 2.45) is 5.10 Å². The van der Waals surface area contributed by atoms with Gasteiger partial charge in [0.25, 0.3) is 5.69 Å². The molecular formula is C22H17ClN6O3. The van der Waals surface area contributed by atoms with Crippen molar-refractivity contribution in [1.82, 2.24) is 9.55 Å². The first-order valence-electron chi connectivity index (χ1n) is 9.52. The summed E-state index contributed by atoms with van der Waals surface area (Å²) in [4.78, 5) is 26.7. The fourth-order valence-corrected chi connectivity index (χ4v) is 3.25. The number of hydrogen-bond donors (Lipinski definition) is 2. The highest BCUT2D eigenvalue weighted by molar-refractivity contribution is 6.30. The fourth-order valence-electron chi connectivity index (χ4n) is 3.13. The van der Waals surface area contributed by atoms with Crippen LogP contribution in [0.4, 0.5) is 17.2 Å². The van der Waals surface area contributed by atoms with E-state index in [4.69, 9.17) is 11.6 Å². The second-order valence-electron chi connectivity index (χ2n) is 6.81. The van der Waals surface area contributed by atoms with Crippen LogP contribution in [0.5, 0.6) is 0 Å². The highest BCUT2D eigenvalue weighted by atomic mass is 35.5. The van der Waals surface area contributed by atoms with Gasteiger partial charge in [-0.2, -0.15) is 5.10 Å². The monoisotopic (exact) mass is 448 g/mol. The smallest absolute Gasteiger partial charge is 0.287 e. The van der Waals surface area contributed by atoms with Gasteiger partial charge in [0.1, 0.15) is 18.6 Å². The molecular weight excluding hydrogens is 432 g/mol. The molecule has 32 heavy (non-hydrogen) atoms. The normalized spacial score (nSPS) is 11.0. The number of hydrogen-bond acceptors (Lipinski definition) is 6. The number of nitrogens with zero attached hydrogens (tertiary/aromatic N) is 4. The van der Waals surface area contributed by atoms with Crippen LogP contribution in [0.25, 0.3) is 10.9 Å². The zero-order valence-electron chi connectivity index (χ0n) is 16.6. The number of halogens is 1. The number of nitro groups is 1. The van der Waals surface area contributed by atoms with Crippen molar-refractivity contribution in [1.29, 1.82) is 0 Å². The molecule has 160 valence electrons. The molecule has 0 spiro atoms. The van der Waals surface area contributed by atoms with E-state index in [9.17, 15) is 14.9 Å². The Morgan fingerprint density at radius 2 is 1.94 bits per heavy atom. The Morgan fingerprint density at radius 1 is 1.16 bits per heavy atom. The molecule has 9 nitrogen and oxygen atoms in total. The van der Waals surface area contributed by atoms with Gasteiger partial charge in [0.15, 0.2) is 0 Å². The number of fused-ring (bicyclic) bond motifs is 1. The molecule has 10 heteroatoms.